The van der Waals surface area contributed by atoms with Crippen LogP contribution in [0.3, 0.4) is 0 Å². The lowest BCUT2D eigenvalue weighted by Gasteiger charge is -2.38. The Bertz CT molecular complexity index is 517. The smallest absolute Gasteiger partial charge is 0.358 e. The molecule has 0 radical (unpaired) electrons. The monoisotopic (exact) mass is 296 g/mol. The van der Waals surface area contributed by atoms with Crippen molar-refractivity contribution >= 4 is 12.0 Å². The number of carboxylic acids is 1. The molecule has 1 aliphatic rings. The van der Waals surface area contributed by atoms with Gasteiger partial charge < -0.3 is 20.2 Å². The summed E-state index contributed by atoms with van der Waals surface area (Å²) in [6.07, 6.45) is 1.34. The first-order valence-electron chi connectivity index (χ1n) is 6.84. The number of carboxylic acid groups (broad SMARTS) is 1. The molecule has 9 heteroatoms. The summed E-state index contributed by atoms with van der Waals surface area (Å²) in [7, 11) is 2.04. The fraction of sp³-hybridized carbons (Fsp3) is 0.667. The van der Waals surface area contributed by atoms with Crippen LogP contribution in [0.15, 0.2) is 6.20 Å². The van der Waals surface area contributed by atoms with Crippen molar-refractivity contribution in [2.75, 3.05) is 33.2 Å². The normalized spacial score (nSPS) is 19.5. The number of aromatic nitrogens is 3. The second kappa shape index (κ2) is 6.53. The van der Waals surface area contributed by atoms with Gasteiger partial charge in [-0.15, -0.1) is 5.10 Å². The van der Waals surface area contributed by atoms with E-state index in [9.17, 15) is 9.59 Å². The summed E-state index contributed by atoms with van der Waals surface area (Å²) in [6, 6.07) is 0.0721. The Morgan fingerprint density at radius 3 is 2.86 bits per heavy atom. The Morgan fingerprint density at radius 1 is 1.48 bits per heavy atom. The number of hydrogen-bond donors (Lipinski definition) is 2. The zero-order valence-electron chi connectivity index (χ0n) is 12.2. The molecule has 0 aromatic carbocycles. The van der Waals surface area contributed by atoms with E-state index in [0.29, 0.717) is 19.6 Å². The number of urea groups is 1. The molecule has 0 spiro atoms. The molecule has 2 rings (SSSR count). The van der Waals surface area contributed by atoms with Crippen molar-refractivity contribution in [3.05, 3.63) is 11.9 Å². The molecule has 1 aromatic heterocycles. The van der Waals surface area contributed by atoms with Crippen LogP contribution in [0, 0.1) is 0 Å². The molecule has 0 aliphatic carbocycles. The number of nitrogens with zero attached hydrogens (tertiary/aromatic N) is 5. The Morgan fingerprint density at radius 2 is 2.24 bits per heavy atom. The van der Waals surface area contributed by atoms with Crippen molar-refractivity contribution < 1.29 is 14.7 Å². The zero-order chi connectivity index (χ0) is 15.4. The summed E-state index contributed by atoms with van der Waals surface area (Å²) < 4.78 is 1.40. The minimum atomic E-state index is -1.11. The van der Waals surface area contributed by atoms with Crippen molar-refractivity contribution in [2.45, 2.75) is 19.5 Å². The molecule has 1 unspecified atom stereocenters. The largest absolute Gasteiger partial charge is 0.476 e. The lowest BCUT2D eigenvalue weighted by atomic mass is 10.2. The van der Waals surface area contributed by atoms with E-state index >= 15 is 0 Å². The van der Waals surface area contributed by atoms with Gasteiger partial charge in [-0.2, -0.15) is 0 Å². The van der Waals surface area contributed by atoms with Crippen molar-refractivity contribution in [1.29, 1.82) is 0 Å². The molecule has 0 saturated carbocycles. The Balaban J connectivity index is 1.77. The fourth-order valence-electron chi connectivity index (χ4n) is 2.33. The van der Waals surface area contributed by atoms with E-state index in [1.54, 1.807) is 0 Å². The lowest BCUT2D eigenvalue weighted by molar-refractivity contribution is 0.0690. The van der Waals surface area contributed by atoms with Crippen LogP contribution in [0.25, 0.3) is 0 Å². The number of carbonyl (C=O) groups is 2. The Labute approximate surface area is 122 Å². The van der Waals surface area contributed by atoms with E-state index in [0.717, 1.165) is 13.1 Å². The topological polar surface area (TPSA) is 104 Å². The van der Waals surface area contributed by atoms with Gasteiger partial charge in [0.2, 0.25) is 0 Å². The first kappa shape index (κ1) is 15.2. The molecule has 0 bridgehead atoms. The average Bonchev–Trinajstić information content (AvgIpc) is 2.87. The highest BCUT2D eigenvalue weighted by Gasteiger charge is 2.25. The van der Waals surface area contributed by atoms with E-state index in [1.165, 1.54) is 10.9 Å². The van der Waals surface area contributed by atoms with Crippen LogP contribution in [-0.4, -0.2) is 81.2 Å². The van der Waals surface area contributed by atoms with Crippen molar-refractivity contribution in [3.63, 3.8) is 0 Å². The second-order valence-corrected chi connectivity index (χ2v) is 5.21. The van der Waals surface area contributed by atoms with Crippen LogP contribution < -0.4 is 5.32 Å². The Hall–Kier alpha value is -2.16. The standard InChI is InChI=1S/C12H20N6O3/c1-9-7-16(2)5-6-18(9)12(21)13-3-4-17-8-10(11(19)20)14-15-17/h8-9H,3-7H2,1-2H3,(H,13,21)(H,19,20). The maximum atomic E-state index is 12.1. The summed E-state index contributed by atoms with van der Waals surface area (Å²) in [5.41, 5.74) is -0.103. The lowest BCUT2D eigenvalue weighted by Crippen LogP contribution is -2.55. The highest BCUT2D eigenvalue weighted by molar-refractivity contribution is 5.84. The molecule has 116 valence electrons. The molecule has 1 atom stereocenters. The predicted molar refractivity (Wildman–Crippen MR) is 74.0 cm³/mol. The molecule has 1 aliphatic heterocycles. The van der Waals surface area contributed by atoms with Gasteiger partial charge in [-0.25, -0.2) is 14.3 Å². The third-order valence-corrected chi connectivity index (χ3v) is 3.47. The quantitative estimate of drug-likeness (QED) is 0.763. The molecule has 2 heterocycles. The molecular formula is C12H20N6O3. The van der Waals surface area contributed by atoms with Crippen LogP contribution >= 0.6 is 0 Å². The van der Waals surface area contributed by atoms with Crippen molar-refractivity contribution in [2.24, 2.45) is 0 Å². The van der Waals surface area contributed by atoms with Crippen LogP contribution in [-0.2, 0) is 6.54 Å². The van der Waals surface area contributed by atoms with Crippen LogP contribution in [0.4, 0.5) is 4.79 Å². The van der Waals surface area contributed by atoms with Gasteiger partial charge in [0.05, 0.1) is 12.7 Å². The molecule has 1 aromatic rings. The first-order chi connectivity index (χ1) is 9.97. The first-order valence-corrected chi connectivity index (χ1v) is 6.84. The minimum Gasteiger partial charge on any atom is -0.476 e. The van der Waals surface area contributed by atoms with Crippen molar-refractivity contribution in [1.82, 2.24) is 30.1 Å². The van der Waals surface area contributed by atoms with Crippen LogP contribution in [0.2, 0.25) is 0 Å². The van der Waals surface area contributed by atoms with Crippen LogP contribution in [0.1, 0.15) is 17.4 Å². The van der Waals surface area contributed by atoms with E-state index in [-0.39, 0.29) is 17.8 Å². The van der Waals surface area contributed by atoms with Gasteiger partial charge in [0.1, 0.15) is 0 Å². The van der Waals surface area contributed by atoms with E-state index in [2.05, 4.69) is 20.5 Å². The van der Waals surface area contributed by atoms with E-state index in [1.807, 2.05) is 18.9 Å². The highest BCUT2D eigenvalue weighted by Crippen LogP contribution is 2.07. The summed E-state index contributed by atoms with van der Waals surface area (Å²) in [5, 5.41) is 18.7. The summed E-state index contributed by atoms with van der Waals surface area (Å²) in [5.74, 6) is -1.11. The fourth-order valence-corrected chi connectivity index (χ4v) is 2.33. The van der Waals surface area contributed by atoms with Crippen LogP contribution in [0.5, 0.6) is 0 Å². The molecule has 1 saturated heterocycles. The van der Waals surface area contributed by atoms with Gasteiger partial charge in [0.25, 0.3) is 0 Å². The Kier molecular flexibility index (Phi) is 4.73. The number of nitrogens with one attached hydrogen (secondary N) is 1. The second-order valence-electron chi connectivity index (χ2n) is 5.21. The van der Waals surface area contributed by atoms with Gasteiger partial charge in [0, 0.05) is 32.2 Å². The van der Waals surface area contributed by atoms with Gasteiger partial charge >= 0.3 is 12.0 Å². The predicted octanol–water partition coefficient (Wildman–Crippen LogP) is -0.678. The van der Waals surface area contributed by atoms with Gasteiger partial charge in [-0.05, 0) is 14.0 Å². The average molecular weight is 296 g/mol. The third-order valence-electron chi connectivity index (χ3n) is 3.47. The molecular weight excluding hydrogens is 276 g/mol. The van der Waals surface area contributed by atoms with E-state index < -0.39 is 5.97 Å². The number of carbonyl (C=O) groups excluding carboxylic acids is 1. The number of amides is 2. The molecule has 1 fully saturated rings. The molecule has 21 heavy (non-hydrogen) atoms. The molecule has 2 amide bonds. The molecule has 2 N–H and O–H groups in total. The summed E-state index contributed by atoms with van der Waals surface area (Å²) in [6.45, 7) is 5.21. The number of hydrogen-bond acceptors (Lipinski definition) is 5. The maximum absolute atomic E-state index is 12.1. The number of aromatic carboxylic acids is 1. The third kappa shape index (κ3) is 3.91. The molecule has 9 nitrogen and oxygen atoms in total. The van der Waals surface area contributed by atoms with E-state index in [4.69, 9.17) is 5.11 Å². The van der Waals surface area contributed by atoms with Gasteiger partial charge in [-0.1, -0.05) is 5.21 Å². The van der Waals surface area contributed by atoms with Gasteiger partial charge in [0.15, 0.2) is 5.69 Å². The SMILES string of the molecule is CC1CN(C)CCN1C(=O)NCCn1cc(C(=O)O)nn1. The highest BCUT2D eigenvalue weighted by atomic mass is 16.4. The number of piperazine rings is 1. The van der Waals surface area contributed by atoms with Crippen molar-refractivity contribution in [3.8, 4) is 0 Å². The minimum absolute atomic E-state index is 0.103. The maximum Gasteiger partial charge on any atom is 0.358 e. The number of rotatable bonds is 4. The number of likely N-dealkylation sites (N-methyl/N-ethyl adjacent to an activating group) is 1. The van der Waals surface area contributed by atoms with Gasteiger partial charge in [-0.3, -0.25) is 0 Å². The summed E-state index contributed by atoms with van der Waals surface area (Å²) >= 11 is 0. The zero-order valence-corrected chi connectivity index (χ0v) is 12.2. The summed E-state index contributed by atoms with van der Waals surface area (Å²) in [4.78, 5) is 26.7.